The molecule has 0 aromatic carbocycles. The van der Waals surface area contributed by atoms with Crippen LogP contribution in [0.5, 0.6) is 0 Å². The van der Waals surface area contributed by atoms with Crippen LogP contribution in [-0.4, -0.2) is 41.4 Å². The van der Waals surface area contributed by atoms with Crippen LogP contribution in [-0.2, 0) is 15.1 Å². The van der Waals surface area contributed by atoms with E-state index in [4.69, 9.17) is 9.66 Å². The minimum atomic E-state index is -4.20. The zero-order chi connectivity index (χ0) is 9.35. The number of hydrogen-bond acceptors (Lipinski definition) is 3. The van der Waals surface area contributed by atoms with E-state index in [0.29, 0.717) is 0 Å². The highest BCUT2D eigenvalue weighted by Crippen LogP contribution is 2.18. The summed E-state index contributed by atoms with van der Waals surface area (Å²) in [5, 5.41) is 8.49. The van der Waals surface area contributed by atoms with E-state index in [2.05, 4.69) is 0 Å². The molecule has 0 radical (unpaired) electrons. The molecule has 12 heavy (non-hydrogen) atoms. The maximum atomic E-state index is 10.5. The summed E-state index contributed by atoms with van der Waals surface area (Å²) < 4.78 is 30.3. The van der Waals surface area contributed by atoms with Gasteiger partial charge in [-0.15, -0.1) is 0 Å². The maximum absolute atomic E-state index is 10.5. The molecular weight excluding hydrogens is 186 g/mol. The fraction of sp³-hybridized carbons (Fsp3) is 0.800. The van der Waals surface area contributed by atoms with Gasteiger partial charge in [0.05, 0.1) is 5.92 Å². The molecule has 1 aliphatic rings. The summed E-state index contributed by atoms with van der Waals surface area (Å²) in [4.78, 5) is 10.4. The predicted molar refractivity (Wildman–Crippen MR) is 38.9 cm³/mol. The van der Waals surface area contributed by atoms with Crippen molar-refractivity contribution in [3.8, 4) is 0 Å². The van der Waals surface area contributed by atoms with Gasteiger partial charge in [0, 0.05) is 13.1 Å². The van der Waals surface area contributed by atoms with Crippen molar-refractivity contribution in [1.82, 2.24) is 4.31 Å². The van der Waals surface area contributed by atoms with Crippen LogP contribution < -0.4 is 0 Å². The summed E-state index contributed by atoms with van der Waals surface area (Å²) in [5.41, 5.74) is 0. The van der Waals surface area contributed by atoms with Gasteiger partial charge in [-0.05, 0) is 6.42 Å². The van der Waals surface area contributed by atoms with Crippen molar-refractivity contribution in [3.05, 3.63) is 0 Å². The first-order valence-corrected chi connectivity index (χ1v) is 4.76. The van der Waals surface area contributed by atoms with Gasteiger partial charge in [0.15, 0.2) is 0 Å². The number of carbonyl (C=O) groups is 1. The molecule has 1 fully saturated rings. The molecule has 1 heterocycles. The fourth-order valence-electron chi connectivity index (χ4n) is 1.14. The highest BCUT2D eigenvalue weighted by atomic mass is 32.2. The average Bonchev–Trinajstić information content (AvgIpc) is 2.30. The van der Waals surface area contributed by atoms with Crippen LogP contribution in [0.15, 0.2) is 0 Å². The van der Waals surface area contributed by atoms with Gasteiger partial charge in [-0.1, -0.05) is 0 Å². The molecule has 6 nitrogen and oxygen atoms in total. The number of hydrogen-bond donors (Lipinski definition) is 2. The van der Waals surface area contributed by atoms with E-state index in [1.165, 1.54) is 0 Å². The van der Waals surface area contributed by atoms with Crippen LogP contribution in [0.2, 0.25) is 0 Å². The van der Waals surface area contributed by atoms with Gasteiger partial charge in [0.1, 0.15) is 0 Å². The van der Waals surface area contributed by atoms with Crippen molar-refractivity contribution in [1.29, 1.82) is 0 Å². The van der Waals surface area contributed by atoms with E-state index < -0.39 is 22.2 Å². The van der Waals surface area contributed by atoms with Gasteiger partial charge in [-0.25, -0.2) is 0 Å². The molecular formula is C5H9NO5S. The van der Waals surface area contributed by atoms with Crippen LogP contribution in [0.4, 0.5) is 0 Å². The Kier molecular flexibility index (Phi) is 2.36. The Labute approximate surface area is 69.7 Å². The Morgan fingerprint density at radius 2 is 2.08 bits per heavy atom. The lowest BCUT2D eigenvalue weighted by molar-refractivity contribution is -0.141. The molecule has 0 aromatic rings. The molecule has 70 valence electrons. The van der Waals surface area contributed by atoms with Crippen LogP contribution in [0.3, 0.4) is 0 Å². The second kappa shape index (κ2) is 3.00. The van der Waals surface area contributed by atoms with E-state index in [9.17, 15) is 13.2 Å². The summed E-state index contributed by atoms with van der Waals surface area (Å²) in [6.45, 7) is -0.0516. The lowest BCUT2D eigenvalue weighted by Crippen LogP contribution is -2.29. The third-order valence-corrected chi connectivity index (χ3v) is 2.81. The molecule has 0 aromatic heterocycles. The van der Waals surface area contributed by atoms with E-state index in [-0.39, 0.29) is 19.5 Å². The molecule has 0 saturated carbocycles. The summed E-state index contributed by atoms with van der Waals surface area (Å²) >= 11 is 0. The first-order valence-electron chi connectivity index (χ1n) is 3.36. The second-order valence-electron chi connectivity index (χ2n) is 2.66. The quantitative estimate of drug-likeness (QED) is 0.562. The molecule has 2 N–H and O–H groups in total. The number of carboxylic acids is 1. The summed E-state index contributed by atoms with van der Waals surface area (Å²) in [6.07, 6.45) is 0.259. The Bertz CT molecular complexity index is 284. The Hall–Kier alpha value is -0.660. The highest BCUT2D eigenvalue weighted by Gasteiger charge is 2.33. The third kappa shape index (κ3) is 1.93. The first kappa shape index (κ1) is 9.43. The highest BCUT2D eigenvalue weighted by molar-refractivity contribution is 7.83. The maximum Gasteiger partial charge on any atom is 0.335 e. The molecule has 1 aliphatic heterocycles. The molecule has 0 spiro atoms. The van der Waals surface area contributed by atoms with E-state index >= 15 is 0 Å². The zero-order valence-corrected chi connectivity index (χ0v) is 6.99. The lowest BCUT2D eigenvalue weighted by Gasteiger charge is -2.09. The molecule has 7 heteroatoms. The monoisotopic (exact) mass is 195 g/mol. The predicted octanol–water partition coefficient (Wildman–Crippen LogP) is -0.804. The van der Waals surface area contributed by atoms with Crippen molar-refractivity contribution >= 4 is 16.3 Å². The largest absolute Gasteiger partial charge is 0.481 e. The van der Waals surface area contributed by atoms with Crippen molar-refractivity contribution in [2.75, 3.05) is 13.1 Å². The number of nitrogens with zero attached hydrogens (tertiary/aromatic N) is 1. The zero-order valence-electron chi connectivity index (χ0n) is 6.17. The molecule has 1 saturated heterocycles. The van der Waals surface area contributed by atoms with Crippen LogP contribution in [0.25, 0.3) is 0 Å². The van der Waals surface area contributed by atoms with Gasteiger partial charge < -0.3 is 5.11 Å². The molecule has 1 rings (SSSR count). The second-order valence-corrected chi connectivity index (χ2v) is 4.07. The van der Waals surface area contributed by atoms with E-state index in [1.807, 2.05) is 0 Å². The van der Waals surface area contributed by atoms with Gasteiger partial charge in [-0.2, -0.15) is 12.7 Å². The molecule has 0 aliphatic carbocycles. The third-order valence-electron chi connectivity index (χ3n) is 1.83. The van der Waals surface area contributed by atoms with Gasteiger partial charge in [-0.3, -0.25) is 9.35 Å². The Morgan fingerprint density at radius 1 is 1.50 bits per heavy atom. The Balaban J connectivity index is 2.64. The molecule has 0 bridgehead atoms. The standard InChI is InChI=1S/C5H9NO5S/c7-5(8)4-1-2-6(3-4)12(9,10)11/h4H,1-3H2,(H,7,8)(H,9,10,11)/t4-/m0/s1. The molecule has 0 amide bonds. The summed E-state index contributed by atoms with van der Waals surface area (Å²) in [6, 6.07) is 0. The van der Waals surface area contributed by atoms with Crippen LogP contribution in [0.1, 0.15) is 6.42 Å². The minimum absolute atomic E-state index is 0.0792. The van der Waals surface area contributed by atoms with Gasteiger partial charge >= 0.3 is 16.3 Å². The SMILES string of the molecule is O=C(O)[C@H]1CCN(S(=O)(=O)O)C1. The smallest absolute Gasteiger partial charge is 0.335 e. The average molecular weight is 195 g/mol. The topological polar surface area (TPSA) is 94.9 Å². The van der Waals surface area contributed by atoms with Gasteiger partial charge in [0.25, 0.3) is 0 Å². The normalized spacial score (nSPS) is 25.9. The first-order chi connectivity index (χ1) is 5.41. The minimum Gasteiger partial charge on any atom is -0.481 e. The molecule has 0 unspecified atom stereocenters. The number of aliphatic carboxylic acids is 1. The lowest BCUT2D eigenvalue weighted by atomic mass is 10.1. The fourth-order valence-corrected chi connectivity index (χ4v) is 1.84. The van der Waals surface area contributed by atoms with E-state index in [0.717, 1.165) is 4.31 Å². The van der Waals surface area contributed by atoms with Crippen LogP contribution in [0, 0.1) is 5.92 Å². The summed E-state index contributed by atoms with van der Waals surface area (Å²) in [7, 11) is -4.20. The Morgan fingerprint density at radius 3 is 2.33 bits per heavy atom. The summed E-state index contributed by atoms with van der Waals surface area (Å²) in [5.74, 6) is -1.71. The van der Waals surface area contributed by atoms with Crippen molar-refractivity contribution in [2.24, 2.45) is 5.92 Å². The number of rotatable bonds is 2. The van der Waals surface area contributed by atoms with Crippen molar-refractivity contribution in [2.45, 2.75) is 6.42 Å². The van der Waals surface area contributed by atoms with Crippen molar-refractivity contribution < 1.29 is 22.9 Å². The van der Waals surface area contributed by atoms with Crippen molar-refractivity contribution in [3.63, 3.8) is 0 Å². The number of carboxylic acid groups (broad SMARTS) is 1. The van der Waals surface area contributed by atoms with E-state index in [1.54, 1.807) is 0 Å². The molecule has 1 atom stereocenters. The van der Waals surface area contributed by atoms with Gasteiger partial charge in [0.2, 0.25) is 0 Å². The van der Waals surface area contributed by atoms with Crippen LogP contribution >= 0.6 is 0 Å².